The molecule has 0 bridgehead atoms. The van der Waals surface area contributed by atoms with E-state index >= 15 is 0 Å². The van der Waals surface area contributed by atoms with Gasteiger partial charge >= 0.3 is 5.97 Å². The van der Waals surface area contributed by atoms with Gasteiger partial charge in [-0.25, -0.2) is 4.79 Å². The molecule has 0 saturated carbocycles. The molecule has 2 rings (SSSR count). The summed E-state index contributed by atoms with van der Waals surface area (Å²) in [4.78, 5) is 24.6. The van der Waals surface area contributed by atoms with Crippen molar-refractivity contribution in [1.82, 2.24) is 5.32 Å². The molecule has 0 aromatic heterocycles. The second-order valence-electron chi connectivity index (χ2n) is 5.07. The number of esters is 1. The van der Waals surface area contributed by atoms with Gasteiger partial charge in [-0.15, -0.1) is 0 Å². The lowest BCUT2D eigenvalue weighted by atomic mass is 10.1. The Bertz CT molecular complexity index is 753. The number of ether oxygens (including phenoxy) is 2. The lowest BCUT2D eigenvalue weighted by Crippen LogP contribution is -2.28. The first-order valence-corrected chi connectivity index (χ1v) is 8.12. The molecule has 1 amide bonds. The van der Waals surface area contributed by atoms with Gasteiger partial charge in [0.25, 0.3) is 5.91 Å². The average molecular weight is 339 g/mol. The Morgan fingerprint density at radius 2 is 1.64 bits per heavy atom. The highest BCUT2D eigenvalue weighted by Gasteiger charge is 2.16. The predicted octanol–water partition coefficient (Wildman–Crippen LogP) is 3.42. The Balaban J connectivity index is 2.33. The van der Waals surface area contributed by atoms with Gasteiger partial charge in [-0.1, -0.05) is 36.4 Å². The zero-order valence-electron chi connectivity index (χ0n) is 14.3. The van der Waals surface area contributed by atoms with E-state index in [-0.39, 0.29) is 18.2 Å². The fraction of sp³-hybridized carbons (Fsp3) is 0.200. The highest BCUT2D eigenvalue weighted by atomic mass is 16.5. The van der Waals surface area contributed by atoms with Crippen LogP contribution >= 0.6 is 0 Å². The number of carbonyl (C=O) groups is 2. The standard InChI is InChI=1S/C20H21NO4/c1-3-24-18-13-9-8-12-16(18)14-17(20(23)25-4-2)21-19(22)15-10-6-5-7-11-15/h5-14H,3-4H2,1-2H3,(H,21,22)/b17-14+. The van der Waals surface area contributed by atoms with Gasteiger partial charge in [-0.3, -0.25) is 4.79 Å². The van der Waals surface area contributed by atoms with Crippen LogP contribution in [0.5, 0.6) is 5.75 Å². The highest BCUT2D eigenvalue weighted by Crippen LogP contribution is 2.21. The van der Waals surface area contributed by atoms with E-state index in [0.717, 1.165) is 0 Å². The molecule has 0 spiro atoms. The van der Waals surface area contributed by atoms with Crippen LogP contribution in [0.25, 0.3) is 6.08 Å². The van der Waals surface area contributed by atoms with Crippen LogP contribution in [0.2, 0.25) is 0 Å². The zero-order valence-corrected chi connectivity index (χ0v) is 14.3. The predicted molar refractivity (Wildman–Crippen MR) is 96.1 cm³/mol. The Hall–Kier alpha value is -3.08. The normalized spacial score (nSPS) is 10.9. The number of nitrogens with one attached hydrogen (secondary N) is 1. The molecule has 25 heavy (non-hydrogen) atoms. The van der Waals surface area contributed by atoms with E-state index in [0.29, 0.717) is 23.5 Å². The summed E-state index contributed by atoms with van der Waals surface area (Å²) in [5.74, 6) is -0.354. The summed E-state index contributed by atoms with van der Waals surface area (Å²) >= 11 is 0. The van der Waals surface area contributed by atoms with E-state index in [1.807, 2.05) is 25.1 Å². The Morgan fingerprint density at radius 3 is 2.32 bits per heavy atom. The van der Waals surface area contributed by atoms with Gasteiger partial charge in [-0.2, -0.15) is 0 Å². The molecule has 1 N–H and O–H groups in total. The summed E-state index contributed by atoms with van der Waals surface area (Å²) < 4.78 is 10.6. The minimum Gasteiger partial charge on any atom is -0.493 e. The Kier molecular flexibility index (Phi) is 6.77. The van der Waals surface area contributed by atoms with Crippen molar-refractivity contribution in [2.45, 2.75) is 13.8 Å². The molecule has 0 fully saturated rings. The maximum Gasteiger partial charge on any atom is 0.354 e. The molecule has 5 heteroatoms. The van der Waals surface area contributed by atoms with Gasteiger partial charge in [0.2, 0.25) is 0 Å². The minimum absolute atomic E-state index is 0.0582. The Morgan fingerprint density at radius 1 is 0.960 bits per heavy atom. The summed E-state index contributed by atoms with van der Waals surface area (Å²) in [6.07, 6.45) is 1.56. The molecule has 0 aliphatic rings. The molecule has 0 radical (unpaired) electrons. The van der Waals surface area contributed by atoms with Crippen LogP contribution in [0.15, 0.2) is 60.3 Å². The first kappa shape index (κ1) is 18.3. The molecule has 0 aliphatic heterocycles. The molecule has 0 aliphatic carbocycles. The smallest absolute Gasteiger partial charge is 0.354 e. The minimum atomic E-state index is -0.599. The fourth-order valence-electron chi connectivity index (χ4n) is 2.18. The third-order valence-corrected chi connectivity index (χ3v) is 3.30. The quantitative estimate of drug-likeness (QED) is 0.620. The van der Waals surface area contributed by atoms with Crippen molar-refractivity contribution in [2.75, 3.05) is 13.2 Å². The molecule has 2 aromatic rings. The molecule has 5 nitrogen and oxygen atoms in total. The van der Waals surface area contributed by atoms with Crippen molar-refractivity contribution < 1.29 is 19.1 Å². The molecule has 0 heterocycles. The van der Waals surface area contributed by atoms with E-state index in [1.165, 1.54) is 0 Å². The maximum absolute atomic E-state index is 12.4. The van der Waals surface area contributed by atoms with Crippen LogP contribution in [0.3, 0.4) is 0 Å². The van der Waals surface area contributed by atoms with Crippen LogP contribution in [0.4, 0.5) is 0 Å². The number of benzene rings is 2. The van der Waals surface area contributed by atoms with E-state index in [4.69, 9.17) is 9.47 Å². The number of hydrogen-bond donors (Lipinski definition) is 1. The zero-order chi connectivity index (χ0) is 18.1. The van der Waals surface area contributed by atoms with Gasteiger partial charge in [0.05, 0.1) is 13.2 Å². The lowest BCUT2D eigenvalue weighted by molar-refractivity contribution is -0.138. The number of amides is 1. The van der Waals surface area contributed by atoms with Crippen molar-refractivity contribution in [2.24, 2.45) is 0 Å². The van der Waals surface area contributed by atoms with Gasteiger partial charge in [-0.05, 0) is 38.1 Å². The number of hydrogen-bond acceptors (Lipinski definition) is 4. The molecular weight excluding hydrogens is 318 g/mol. The number of carbonyl (C=O) groups excluding carboxylic acids is 2. The average Bonchev–Trinajstić information content (AvgIpc) is 2.63. The molecule has 0 atom stereocenters. The maximum atomic E-state index is 12.4. The topological polar surface area (TPSA) is 64.6 Å². The molecular formula is C20H21NO4. The first-order chi connectivity index (χ1) is 12.2. The summed E-state index contributed by atoms with van der Waals surface area (Å²) in [6, 6.07) is 16.0. The summed E-state index contributed by atoms with van der Waals surface area (Å²) in [5, 5.41) is 2.63. The van der Waals surface area contributed by atoms with Crippen LogP contribution < -0.4 is 10.1 Å². The number of rotatable bonds is 7. The van der Waals surface area contributed by atoms with E-state index < -0.39 is 5.97 Å². The lowest BCUT2D eigenvalue weighted by Gasteiger charge is -2.11. The van der Waals surface area contributed by atoms with Crippen molar-refractivity contribution in [1.29, 1.82) is 0 Å². The van der Waals surface area contributed by atoms with Crippen molar-refractivity contribution >= 4 is 18.0 Å². The van der Waals surface area contributed by atoms with Crippen LogP contribution in [0, 0.1) is 0 Å². The largest absolute Gasteiger partial charge is 0.493 e. The van der Waals surface area contributed by atoms with Crippen LogP contribution in [-0.4, -0.2) is 25.1 Å². The van der Waals surface area contributed by atoms with Gasteiger partial charge in [0.1, 0.15) is 11.4 Å². The second-order valence-corrected chi connectivity index (χ2v) is 5.07. The van der Waals surface area contributed by atoms with E-state index in [1.54, 1.807) is 49.4 Å². The van der Waals surface area contributed by atoms with Gasteiger partial charge in [0, 0.05) is 11.1 Å². The van der Waals surface area contributed by atoms with Gasteiger partial charge in [0.15, 0.2) is 0 Å². The third-order valence-electron chi connectivity index (χ3n) is 3.30. The molecule has 0 unspecified atom stereocenters. The summed E-state index contributed by atoms with van der Waals surface area (Å²) in [5.41, 5.74) is 1.19. The number of para-hydroxylation sites is 1. The fourth-order valence-corrected chi connectivity index (χ4v) is 2.18. The van der Waals surface area contributed by atoms with Crippen molar-refractivity contribution in [3.05, 3.63) is 71.4 Å². The Labute approximate surface area is 147 Å². The van der Waals surface area contributed by atoms with Crippen molar-refractivity contribution in [3.8, 4) is 5.75 Å². The molecule has 130 valence electrons. The van der Waals surface area contributed by atoms with E-state index in [2.05, 4.69) is 5.32 Å². The van der Waals surface area contributed by atoms with Crippen LogP contribution in [0.1, 0.15) is 29.8 Å². The third kappa shape index (κ3) is 5.21. The van der Waals surface area contributed by atoms with Crippen LogP contribution in [-0.2, 0) is 9.53 Å². The SMILES string of the molecule is CCOC(=O)/C(=C\c1ccccc1OCC)NC(=O)c1ccccc1. The summed E-state index contributed by atoms with van der Waals surface area (Å²) in [6.45, 7) is 4.30. The van der Waals surface area contributed by atoms with E-state index in [9.17, 15) is 9.59 Å². The monoisotopic (exact) mass is 339 g/mol. The van der Waals surface area contributed by atoms with Crippen molar-refractivity contribution in [3.63, 3.8) is 0 Å². The highest BCUT2D eigenvalue weighted by molar-refractivity contribution is 6.03. The molecule has 0 saturated heterocycles. The molecule has 2 aromatic carbocycles. The second kappa shape index (κ2) is 9.27. The summed E-state index contributed by atoms with van der Waals surface area (Å²) in [7, 11) is 0. The van der Waals surface area contributed by atoms with Gasteiger partial charge < -0.3 is 14.8 Å². The first-order valence-electron chi connectivity index (χ1n) is 8.12.